The van der Waals surface area contributed by atoms with Crippen LogP contribution in [0.1, 0.15) is 5.56 Å². The standard InChI is InChI=1S/C20H19N3O3S2/c1-21-19(25)17-10-23(15-8-4-5-9-16(15)26-17)18(24)12-28-20-22-14-7-3-2-6-13(14)11-27-20/h2-9,17H,10-12H2,1H3,(H,21,25)/t17-/m0/s1. The van der Waals surface area contributed by atoms with E-state index >= 15 is 0 Å². The molecule has 144 valence electrons. The SMILES string of the molecule is CNC(=O)[C@@H]1CN(C(=O)CSC2=Nc3ccccc3CS2)c2ccccc2O1. The maximum Gasteiger partial charge on any atom is 0.262 e. The Kier molecular flexibility index (Phi) is 5.59. The van der Waals surface area contributed by atoms with Gasteiger partial charge in [-0.3, -0.25) is 9.59 Å². The average molecular weight is 414 g/mol. The number of rotatable bonds is 3. The molecule has 2 aromatic rings. The molecule has 2 aromatic carbocycles. The van der Waals surface area contributed by atoms with Gasteiger partial charge in [-0.15, -0.1) is 0 Å². The molecule has 0 aromatic heterocycles. The smallest absolute Gasteiger partial charge is 0.262 e. The lowest BCUT2D eigenvalue weighted by Crippen LogP contribution is -2.50. The lowest BCUT2D eigenvalue weighted by molar-refractivity contribution is -0.127. The summed E-state index contributed by atoms with van der Waals surface area (Å²) in [6, 6.07) is 15.3. The van der Waals surface area contributed by atoms with E-state index in [4.69, 9.17) is 4.74 Å². The summed E-state index contributed by atoms with van der Waals surface area (Å²) in [5.41, 5.74) is 2.86. The zero-order valence-electron chi connectivity index (χ0n) is 15.3. The number of hydrogen-bond acceptors (Lipinski definition) is 6. The molecular formula is C20H19N3O3S2. The fourth-order valence-corrected chi connectivity index (χ4v) is 4.99. The fourth-order valence-electron chi connectivity index (χ4n) is 3.06. The van der Waals surface area contributed by atoms with Gasteiger partial charge in [0.05, 0.1) is 23.7 Å². The van der Waals surface area contributed by atoms with Crippen LogP contribution in [0.3, 0.4) is 0 Å². The van der Waals surface area contributed by atoms with Gasteiger partial charge in [0.25, 0.3) is 5.91 Å². The molecule has 0 fully saturated rings. The molecule has 0 spiro atoms. The Labute approximate surface area is 171 Å². The normalized spacial score (nSPS) is 17.7. The summed E-state index contributed by atoms with van der Waals surface area (Å²) in [4.78, 5) is 31.3. The lowest BCUT2D eigenvalue weighted by atomic mass is 10.2. The third-order valence-electron chi connectivity index (χ3n) is 4.49. The van der Waals surface area contributed by atoms with E-state index in [-0.39, 0.29) is 24.1 Å². The van der Waals surface area contributed by atoms with Gasteiger partial charge in [0.1, 0.15) is 10.1 Å². The van der Waals surface area contributed by atoms with Crippen molar-refractivity contribution in [2.75, 3.05) is 24.2 Å². The Morgan fingerprint density at radius 1 is 1.25 bits per heavy atom. The maximum absolute atomic E-state index is 13.0. The number of aliphatic imine (C=N–C) groups is 1. The van der Waals surface area contributed by atoms with Crippen LogP contribution in [0.25, 0.3) is 0 Å². The zero-order chi connectivity index (χ0) is 19.5. The Hall–Kier alpha value is -2.45. The predicted molar refractivity (Wildman–Crippen MR) is 115 cm³/mol. The average Bonchev–Trinajstić information content (AvgIpc) is 2.75. The zero-order valence-corrected chi connectivity index (χ0v) is 16.9. The van der Waals surface area contributed by atoms with E-state index < -0.39 is 6.10 Å². The van der Waals surface area contributed by atoms with Gasteiger partial charge in [-0.05, 0) is 23.8 Å². The summed E-state index contributed by atoms with van der Waals surface area (Å²) in [6.45, 7) is 0.193. The Balaban J connectivity index is 1.48. The molecule has 2 aliphatic heterocycles. The molecule has 0 unspecified atom stereocenters. The second kappa shape index (κ2) is 8.28. The number of carbonyl (C=O) groups excluding carboxylic acids is 2. The monoisotopic (exact) mass is 413 g/mol. The van der Waals surface area contributed by atoms with Crippen molar-refractivity contribution < 1.29 is 14.3 Å². The number of fused-ring (bicyclic) bond motifs is 2. The largest absolute Gasteiger partial charge is 0.477 e. The van der Waals surface area contributed by atoms with Crippen molar-refractivity contribution in [2.45, 2.75) is 11.9 Å². The predicted octanol–water partition coefficient (Wildman–Crippen LogP) is 3.19. The molecule has 0 bridgehead atoms. The van der Waals surface area contributed by atoms with Crippen LogP contribution in [0.4, 0.5) is 11.4 Å². The first-order valence-electron chi connectivity index (χ1n) is 8.85. The highest BCUT2D eigenvalue weighted by molar-refractivity contribution is 8.38. The molecule has 4 rings (SSSR count). The van der Waals surface area contributed by atoms with E-state index in [0.717, 1.165) is 15.8 Å². The van der Waals surface area contributed by atoms with Gasteiger partial charge in [-0.1, -0.05) is 53.9 Å². The van der Waals surface area contributed by atoms with Gasteiger partial charge < -0.3 is 15.0 Å². The number of amides is 2. The highest BCUT2D eigenvalue weighted by atomic mass is 32.2. The number of thioether (sulfide) groups is 2. The van der Waals surface area contributed by atoms with Crippen LogP contribution in [-0.2, 0) is 15.3 Å². The molecule has 0 radical (unpaired) electrons. The minimum absolute atomic E-state index is 0.0724. The molecule has 28 heavy (non-hydrogen) atoms. The molecular weight excluding hydrogens is 394 g/mol. The van der Waals surface area contributed by atoms with Crippen LogP contribution in [0.15, 0.2) is 53.5 Å². The second-order valence-corrected chi connectivity index (χ2v) is 8.46. The van der Waals surface area contributed by atoms with E-state index in [1.54, 1.807) is 29.8 Å². The number of nitrogens with zero attached hydrogens (tertiary/aromatic N) is 2. The number of ether oxygens (including phenoxy) is 1. The molecule has 0 aliphatic carbocycles. The summed E-state index contributed by atoms with van der Waals surface area (Å²) in [6.07, 6.45) is -0.720. The highest BCUT2D eigenvalue weighted by Crippen LogP contribution is 2.36. The van der Waals surface area contributed by atoms with E-state index in [0.29, 0.717) is 11.4 Å². The molecule has 2 amide bonds. The quantitative estimate of drug-likeness (QED) is 0.837. The topological polar surface area (TPSA) is 71.0 Å². The first-order chi connectivity index (χ1) is 13.7. The van der Waals surface area contributed by atoms with Crippen molar-refractivity contribution in [1.82, 2.24) is 5.32 Å². The summed E-state index contributed by atoms with van der Waals surface area (Å²) < 4.78 is 6.64. The number of hydrogen-bond donors (Lipinski definition) is 1. The first kappa shape index (κ1) is 18.9. The van der Waals surface area contributed by atoms with Crippen molar-refractivity contribution >= 4 is 51.1 Å². The molecule has 8 heteroatoms. The molecule has 1 atom stereocenters. The second-order valence-electron chi connectivity index (χ2n) is 6.28. The van der Waals surface area contributed by atoms with Gasteiger partial charge in [-0.25, -0.2) is 4.99 Å². The number of nitrogens with one attached hydrogen (secondary N) is 1. The van der Waals surface area contributed by atoms with Crippen molar-refractivity contribution in [2.24, 2.45) is 4.99 Å². The summed E-state index contributed by atoms with van der Waals surface area (Å²) in [7, 11) is 1.56. The van der Waals surface area contributed by atoms with Crippen molar-refractivity contribution in [3.63, 3.8) is 0 Å². The van der Waals surface area contributed by atoms with E-state index in [1.165, 1.54) is 17.3 Å². The number of likely N-dealkylation sites (N-methyl/N-ethyl adjacent to an activating group) is 1. The lowest BCUT2D eigenvalue weighted by Gasteiger charge is -2.34. The molecule has 2 heterocycles. The van der Waals surface area contributed by atoms with Crippen LogP contribution in [0.2, 0.25) is 0 Å². The van der Waals surface area contributed by atoms with Crippen molar-refractivity contribution in [3.05, 3.63) is 54.1 Å². The minimum Gasteiger partial charge on any atom is -0.477 e. The number of anilines is 1. The Bertz CT molecular complexity index is 948. The molecule has 0 saturated heterocycles. The number of para-hydroxylation sites is 3. The number of benzene rings is 2. The van der Waals surface area contributed by atoms with E-state index in [2.05, 4.69) is 16.4 Å². The van der Waals surface area contributed by atoms with Gasteiger partial charge in [-0.2, -0.15) is 0 Å². The summed E-state index contributed by atoms with van der Waals surface area (Å²) >= 11 is 3.08. The molecule has 6 nitrogen and oxygen atoms in total. The Morgan fingerprint density at radius 2 is 2.04 bits per heavy atom. The third kappa shape index (κ3) is 3.88. The van der Waals surface area contributed by atoms with Crippen LogP contribution in [-0.4, -0.2) is 41.6 Å². The third-order valence-corrected chi connectivity index (χ3v) is 6.72. The summed E-state index contributed by atoms with van der Waals surface area (Å²) in [5.74, 6) is 1.33. The Morgan fingerprint density at radius 3 is 2.89 bits per heavy atom. The van der Waals surface area contributed by atoms with E-state index in [1.807, 2.05) is 36.4 Å². The van der Waals surface area contributed by atoms with Crippen LogP contribution >= 0.6 is 23.5 Å². The van der Waals surface area contributed by atoms with Crippen molar-refractivity contribution in [3.8, 4) is 5.75 Å². The number of carbonyl (C=O) groups is 2. The van der Waals surface area contributed by atoms with Crippen LogP contribution in [0.5, 0.6) is 5.75 Å². The molecule has 0 saturated carbocycles. The summed E-state index contributed by atoms with van der Waals surface area (Å²) in [5, 5.41) is 2.59. The van der Waals surface area contributed by atoms with E-state index in [9.17, 15) is 9.59 Å². The first-order valence-corrected chi connectivity index (χ1v) is 10.8. The fraction of sp³-hybridized carbons (Fsp3) is 0.250. The van der Waals surface area contributed by atoms with Crippen LogP contribution in [0, 0.1) is 0 Å². The van der Waals surface area contributed by atoms with Gasteiger partial charge >= 0.3 is 0 Å². The molecule has 2 aliphatic rings. The van der Waals surface area contributed by atoms with Gasteiger partial charge in [0, 0.05) is 12.8 Å². The van der Waals surface area contributed by atoms with Crippen molar-refractivity contribution in [1.29, 1.82) is 0 Å². The van der Waals surface area contributed by atoms with Crippen LogP contribution < -0.4 is 15.0 Å². The highest BCUT2D eigenvalue weighted by Gasteiger charge is 2.33. The van der Waals surface area contributed by atoms with Gasteiger partial charge in [0.2, 0.25) is 5.91 Å². The molecule has 1 N–H and O–H groups in total. The maximum atomic E-state index is 13.0. The minimum atomic E-state index is -0.720. The van der Waals surface area contributed by atoms with Gasteiger partial charge in [0.15, 0.2) is 6.10 Å².